The molecule has 1 saturated carbocycles. The van der Waals surface area contributed by atoms with Gasteiger partial charge in [-0.25, -0.2) is 0 Å². The molecule has 1 aromatic rings. The minimum absolute atomic E-state index is 0.410. The first-order valence-electron chi connectivity index (χ1n) is 8.66. The molecule has 2 atom stereocenters. The molecule has 0 radical (unpaired) electrons. The van der Waals surface area contributed by atoms with Crippen molar-refractivity contribution in [3.8, 4) is 0 Å². The fraction of sp³-hybridized carbons (Fsp3) is 0.684. The largest absolute Gasteiger partial charge is 0.312 e. The van der Waals surface area contributed by atoms with E-state index in [9.17, 15) is 0 Å². The molecule has 0 bridgehead atoms. The highest BCUT2D eigenvalue weighted by atomic mass is 15.2. The zero-order chi connectivity index (χ0) is 14.9. The summed E-state index contributed by atoms with van der Waals surface area (Å²) >= 11 is 0. The summed E-state index contributed by atoms with van der Waals surface area (Å²) in [5.41, 5.74) is 3.48. The second-order valence-electron chi connectivity index (χ2n) is 7.55. The number of nitrogens with zero attached hydrogens (tertiary/aromatic N) is 1. The smallest absolute Gasteiger partial charge is 0.0274 e. The first kappa shape index (κ1) is 15.1. The average molecular weight is 286 g/mol. The van der Waals surface area contributed by atoms with Crippen LogP contribution in [0.4, 0.5) is 0 Å². The number of hydrogen-bond donors (Lipinski definition) is 1. The summed E-state index contributed by atoms with van der Waals surface area (Å²) in [5.74, 6) is 0. The van der Waals surface area contributed by atoms with Gasteiger partial charge in [-0.15, -0.1) is 0 Å². The predicted molar refractivity (Wildman–Crippen MR) is 89.2 cm³/mol. The minimum Gasteiger partial charge on any atom is -0.312 e. The molecule has 116 valence electrons. The maximum Gasteiger partial charge on any atom is 0.0274 e. The van der Waals surface area contributed by atoms with Crippen LogP contribution >= 0.6 is 0 Å². The molecular formula is C19H30N2. The fourth-order valence-corrected chi connectivity index (χ4v) is 4.31. The Morgan fingerprint density at radius 2 is 1.86 bits per heavy atom. The molecule has 0 saturated heterocycles. The van der Waals surface area contributed by atoms with Crippen LogP contribution in [0.1, 0.15) is 57.6 Å². The van der Waals surface area contributed by atoms with Crippen LogP contribution in [0.3, 0.4) is 0 Å². The van der Waals surface area contributed by atoms with Crippen molar-refractivity contribution in [2.24, 2.45) is 5.41 Å². The molecule has 21 heavy (non-hydrogen) atoms. The quantitative estimate of drug-likeness (QED) is 0.901. The van der Waals surface area contributed by atoms with Gasteiger partial charge in [-0.3, -0.25) is 4.90 Å². The van der Waals surface area contributed by atoms with Gasteiger partial charge in [-0.1, -0.05) is 51.5 Å². The third-order valence-corrected chi connectivity index (χ3v) is 5.50. The third kappa shape index (κ3) is 3.02. The zero-order valence-electron chi connectivity index (χ0n) is 13.9. The van der Waals surface area contributed by atoms with Gasteiger partial charge >= 0.3 is 0 Å². The molecule has 1 fully saturated rings. The van der Waals surface area contributed by atoms with Crippen LogP contribution < -0.4 is 5.32 Å². The molecule has 1 aliphatic carbocycles. The molecule has 1 N–H and O–H groups in total. The van der Waals surface area contributed by atoms with Gasteiger partial charge in [0, 0.05) is 25.2 Å². The zero-order valence-corrected chi connectivity index (χ0v) is 13.9. The molecule has 3 rings (SSSR count). The lowest BCUT2D eigenvalue weighted by atomic mass is 9.70. The van der Waals surface area contributed by atoms with Crippen molar-refractivity contribution in [2.75, 3.05) is 6.54 Å². The van der Waals surface area contributed by atoms with E-state index in [1.54, 1.807) is 0 Å². The molecule has 0 aromatic heterocycles. The standard InChI is InChI=1S/C19H30N2/c1-4-12-20-18-17(10-7-11-19(18,2)3)21-13-15-8-5-6-9-16(15)14-21/h5-6,8-9,17-18,20H,4,7,10-14H2,1-3H3. The minimum atomic E-state index is 0.410. The van der Waals surface area contributed by atoms with E-state index in [2.05, 4.69) is 55.3 Å². The van der Waals surface area contributed by atoms with Crippen molar-refractivity contribution in [3.05, 3.63) is 35.4 Å². The average Bonchev–Trinajstić information content (AvgIpc) is 2.88. The van der Waals surface area contributed by atoms with E-state index in [4.69, 9.17) is 0 Å². The van der Waals surface area contributed by atoms with Crippen LogP contribution in [-0.2, 0) is 13.1 Å². The van der Waals surface area contributed by atoms with Gasteiger partial charge in [0.25, 0.3) is 0 Å². The van der Waals surface area contributed by atoms with Gasteiger partial charge in [0.1, 0.15) is 0 Å². The highest BCUT2D eigenvalue weighted by Crippen LogP contribution is 2.40. The Morgan fingerprint density at radius 1 is 1.19 bits per heavy atom. The van der Waals surface area contributed by atoms with Gasteiger partial charge in [-0.2, -0.15) is 0 Å². The summed E-state index contributed by atoms with van der Waals surface area (Å²) in [4.78, 5) is 2.72. The van der Waals surface area contributed by atoms with E-state index < -0.39 is 0 Å². The van der Waals surface area contributed by atoms with Gasteiger partial charge in [0.2, 0.25) is 0 Å². The Morgan fingerprint density at radius 3 is 2.48 bits per heavy atom. The lowest BCUT2D eigenvalue weighted by Gasteiger charge is -2.48. The van der Waals surface area contributed by atoms with Gasteiger partial charge in [0.15, 0.2) is 0 Å². The molecule has 0 amide bonds. The highest BCUT2D eigenvalue weighted by molar-refractivity contribution is 5.30. The van der Waals surface area contributed by atoms with E-state index in [0.29, 0.717) is 17.5 Å². The molecule has 2 nitrogen and oxygen atoms in total. The van der Waals surface area contributed by atoms with Crippen LogP contribution in [-0.4, -0.2) is 23.5 Å². The van der Waals surface area contributed by atoms with Crippen LogP contribution in [0.25, 0.3) is 0 Å². The van der Waals surface area contributed by atoms with E-state index >= 15 is 0 Å². The number of fused-ring (bicyclic) bond motifs is 1. The summed E-state index contributed by atoms with van der Waals surface area (Å²) in [6.45, 7) is 10.6. The topological polar surface area (TPSA) is 15.3 Å². The molecule has 0 spiro atoms. The fourth-order valence-electron chi connectivity index (χ4n) is 4.31. The number of nitrogens with one attached hydrogen (secondary N) is 1. The number of benzene rings is 1. The normalized spacial score (nSPS) is 28.5. The van der Waals surface area contributed by atoms with Gasteiger partial charge < -0.3 is 5.32 Å². The second kappa shape index (κ2) is 6.10. The lowest BCUT2D eigenvalue weighted by Crippen LogP contribution is -2.57. The molecule has 2 unspecified atom stereocenters. The molecule has 1 heterocycles. The lowest BCUT2D eigenvalue weighted by molar-refractivity contribution is 0.0461. The Hall–Kier alpha value is -0.860. The third-order valence-electron chi connectivity index (χ3n) is 5.50. The molecule has 2 heteroatoms. The number of hydrogen-bond acceptors (Lipinski definition) is 2. The molecule has 1 aromatic carbocycles. The second-order valence-corrected chi connectivity index (χ2v) is 7.55. The molecule has 1 aliphatic heterocycles. The Labute approximate surface area is 129 Å². The van der Waals surface area contributed by atoms with Crippen molar-refractivity contribution in [3.63, 3.8) is 0 Å². The maximum absolute atomic E-state index is 3.87. The van der Waals surface area contributed by atoms with E-state index in [1.165, 1.54) is 36.8 Å². The summed E-state index contributed by atoms with van der Waals surface area (Å²) in [7, 11) is 0. The first-order chi connectivity index (χ1) is 10.1. The summed E-state index contributed by atoms with van der Waals surface area (Å²) in [5, 5.41) is 3.87. The van der Waals surface area contributed by atoms with Crippen molar-refractivity contribution in [1.29, 1.82) is 0 Å². The van der Waals surface area contributed by atoms with Crippen molar-refractivity contribution in [1.82, 2.24) is 10.2 Å². The van der Waals surface area contributed by atoms with Crippen molar-refractivity contribution in [2.45, 2.75) is 71.6 Å². The SMILES string of the molecule is CCCNC1C(N2Cc3ccccc3C2)CCCC1(C)C. The monoisotopic (exact) mass is 286 g/mol. The van der Waals surface area contributed by atoms with E-state index in [-0.39, 0.29) is 0 Å². The van der Waals surface area contributed by atoms with Crippen LogP contribution in [0.2, 0.25) is 0 Å². The highest BCUT2D eigenvalue weighted by Gasteiger charge is 2.42. The Kier molecular flexibility index (Phi) is 4.37. The molecule has 2 aliphatic rings. The van der Waals surface area contributed by atoms with Crippen LogP contribution in [0.5, 0.6) is 0 Å². The van der Waals surface area contributed by atoms with E-state index in [0.717, 1.165) is 19.6 Å². The summed E-state index contributed by atoms with van der Waals surface area (Å²) in [6.07, 6.45) is 5.29. The number of rotatable bonds is 4. The molecular weight excluding hydrogens is 256 g/mol. The van der Waals surface area contributed by atoms with Crippen LogP contribution in [0.15, 0.2) is 24.3 Å². The first-order valence-corrected chi connectivity index (χ1v) is 8.66. The van der Waals surface area contributed by atoms with E-state index in [1.807, 2.05) is 0 Å². The predicted octanol–water partition coefficient (Wildman–Crippen LogP) is 3.95. The Balaban J connectivity index is 1.77. The maximum atomic E-state index is 3.87. The van der Waals surface area contributed by atoms with Gasteiger partial charge in [-0.05, 0) is 42.3 Å². The Bertz CT molecular complexity index is 455. The van der Waals surface area contributed by atoms with Crippen molar-refractivity contribution < 1.29 is 0 Å². The summed E-state index contributed by atoms with van der Waals surface area (Å²) < 4.78 is 0. The van der Waals surface area contributed by atoms with Gasteiger partial charge in [0.05, 0.1) is 0 Å². The van der Waals surface area contributed by atoms with Crippen molar-refractivity contribution >= 4 is 0 Å². The van der Waals surface area contributed by atoms with Crippen LogP contribution in [0, 0.1) is 5.41 Å². The summed E-state index contributed by atoms with van der Waals surface area (Å²) in [6, 6.07) is 10.3.